The predicted octanol–water partition coefficient (Wildman–Crippen LogP) is 3.95. The highest BCUT2D eigenvalue weighted by Gasteiger charge is 2.31. The van der Waals surface area contributed by atoms with Crippen LogP contribution in [0.1, 0.15) is 48.9 Å². The zero-order valence-electron chi connectivity index (χ0n) is 14.4. The highest BCUT2D eigenvalue weighted by Crippen LogP contribution is 2.31. The van der Waals surface area contributed by atoms with Gasteiger partial charge in [-0.05, 0) is 18.4 Å². The fourth-order valence-corrected chi connectivity index (χ4v) is 4.94. The van der Waals surface area contributed by atoms with Gasteiger partial charge in [0.2, 0.25) is 0 Å². The molecule has 2 aromatic rings. The smallest absolute Gasteiger partial charge is 0.255 e. The number of nitrogens with zero attached hydrogens (tertiary/aromatic N) is 2. The molecule has 1 aliphatic carbocycles. The minimum Gasteiger partial charge on any atom is -0.377 e. The molecule has 25 heavy (non-hydrogen) atoms. The van der Waals surface area contributed by atoms with Crippen LogP contribution < -0.4 is 0 Å². The van der Waals surface area contributed by atoms with Gasteiger partial charge in [-0.2, -0.15) is 5.10 Å². The zero-order chi connectivity index (χ0) is 17.1. The van der Waals surface area contributed by atoms with Gasteiger partial charge < -0.3 is 9.64 Å². The maximum Gasteiger partial charge on any atom is 0.255 e. The van der Waals surface area contributed by atoms with E-state index in [2.05, 4.69) is 15.1 Å². The molecule has 0 unspecified atom stereocenters. The normalized spacial score (nSPS) is 22.2. The second-order valence-electron chi connectivity index (χ2n) is 7.15. The number of morpholine rings is 1. The van der Waals surface area contributed by atoms with Crippen molar-refractivity contribution < 1.29 is 9.53 Å². The zero-order valence-corrected chi connectivity index (χ0v) is 15.3. The Hall–Kier alpha value is -1.66. The molecule has 2 fully saturated rings. The van der Waals surface area contributed by atoms with Crippen LogP contribution in [0, 0.1) is 5.92 Å². The molecule has 5 nitrogen and oxygen atoms in total. The summed E-state index contributed by atoms with van der Waals surface area (Å²) in [4.78, 5) is 16.2. The highest BCUT2D eigenvalue weighted by molar-refractivity contribution is 7.13. The Kier molecular flexibility index (Phi) is 5.17. The van der Waals surface area contributed by atoms with Gasteiger partial charge in [0.1, 0.15) is 0 Å². The van der Waals surface area contributed by atoms with Gasteiger partial charge in [-0.1, -0.05) is 32.1 Å². The SMILES string of the molecule is O=C(c1csc(-c2cn[nH]c2)c1)N1CCOC[C@@H]1CC1CCCCC1. The van der Waals surface area contributed by atoms with Crippen LogP contribution in [0.25, 0.3) is 10.4 Å². The summed E-state index contributed by atoms with van der Waals surface area (Å²) < 4.78 is 5.70. The van der Waals surface area contributed by atoms with Crippen LogP contribution in [0.5, 0.6) is 0 Å². The number of aromatic nitrogens is 2. The van der Waals surface area contributed by atoms with Crippen LogP contribution >= 0.6 is 11.3 Å². The van der Waals surface area contributed by atoms with Crippen molar-refractivity contribution in [3.8, 4) is 10.4 Å². The van der Waals surface area contributed by atoms with E-state index in [9.17, 15) is 4.79 Å². The molecule has 1 amide bonds. The first-order chi connectivity index (χ1) is 12.3. The van der Waals surface area contributed by atoms with Crippen molar-refractivity contribution in [1.82, 2.24) is 15.1 Å². The molecule has 0 aromatic carbocycles. The van der Waals surface area contributed by atoms with E-state index >= 15 is 0 Å². The maximum atomic E-state index is 13.1. The second kappa shape index (κ2) is 7.70. The molecule has 6 heteroatoms. The lowest BCUT2D eigenvalue weighted by Gasteiger charge is -2.38. The van der Waals surface area contributed by atoms with E-state index in [0.717, 1.165) is 28.3 Å². The Labute approximate surface area is 152 Å². The monoisotopic (exact) mass is 359 g/mol. The van der Waals surface area contributed by atoms with Crippen LogP contribution in [0.15, 0.2) is 23.8 Å². The number of hydrogen-bond donors (Lipinski definition) is 1. The third-order valence-electron chi connectivity index (χ3n) is 5.45. The topological polar surface area (TPSA) is 58.2 Å². The Morgan fingerprint density at radius 1 is 1.36 bits per heavy atom. The number of H-pyrrole nitrogens is 1. The molecular weight excluding hydrogens is 334 g/mol. The molecule has 2 aliphatic rings. The third-order valence-corrected chi connectivity index (χ3v) is 6.43. The molecule has 0 spiro atoms. The van der Waals surface area contributed by atoms with Crippen molar-refractivity contribution in [2.24, 2.45) is 5.92 Å². The van der Waals surface area contributed by atoms with Crippen molar-refractivity contribution in [1.29, 1.82) is 0 Å². The van der Waals surface area contributed by atoms with Gasteiger partial charge in [-0.3, -0.25) is 9.89 Å². The lowest BCUT2D eigenvalue weighted by Crippen LogP contribution is -2.49. The van der Waals surface area contributed by atoms with E-state index in [4.69, 9.17) is 4.74 Å². The molecule has 134 valence electrons. The van der Waals surface area contributed by atoms with Crippen LogP contribution in [-0.4, -0.2) is 46.8 Å². The second-order valence-corrected chi connectivity index (χ2v) is 8.06. The number of thiophene rings is 1. The van der Waals surface area contributed by atoms with Gasteiger partial charge in [0, 0.05) is 28.6 Å². The Balaban J connectivity index is 1.47. The largest absolute Gasteiger partial charge is 0.377 e. The fourth-order valence-electron chi connectivity index (χ4n) is 4.08. The summed E-state index contributed by atoms with van der Waals surface area (Å²) in [6, 6.07) is 2.21. The first-order valence-corrected chi connectivity index (χ1v) is 10.2. The molecule has 3 heterocycles. The summed E-state index contributed by atoms with van der Waals surface area (Å²) >= 11 is 1.60. The molecule has 4 rings (SSSR count). The summed E-state index contributed by atoms with van der Waals surface area (Å²) in [5.74, 6) is 0.898. The number of rotatable bonds is 4. The molecule has 1 N–H and O–H groups in total. The molecule has 1 aliphatic heterocycles. The minimum atomic E-state index is 0.148. The van der Waals surface area contributed by atoms with Gasteiger partial charge in [-0.25, -0.2) is 0 Å². The molecule has 2 aromatic heterocycles. The minimum absolute atomic E-state index is 0.148. The number of aromatic amines is 1. The first kappa shape index (κ1) is 16.8. The van der Waals surface area contributed by atoms with Gasteiger partial charge in [-0.15, -0.1) is 11.3 Å². The maximum absolute atomic E-state index is 13.1. The standard InChI is InChI=1S/C19H25N3O2S/c23-19(15-9-18(25-13-15)16-10-20-21-11-16)22-6-7-24-12-17(22)8-14-4-2-1-3-5-14/h9-11,13-14,17H,1-8,12H2,(H,20,21)/t17-/m0/s1. The van der Waals surface area contributed by atoms with Crippen molar-refractivity contribution in [3.05, 3.63) is 29.4 Å². The summed E-state index contributed by atoms with van der Waals surface area (Å²) in [7, 11) is 0. The lowest BCUT2D eigenvalue weighted by atomic mass is 9.84. The summed E-state index contributed by atoms with van der Waals surface area (Å²) in [6.45, 7) is 2.03. The molecule has 0 radical (unpaired) electrons. The van der Waals surface area contributed by atoms with Crippen LogP contribution in [0.2, 0.25) is 0 Å². The predicted molar refractivity (Wildman–Crippen MR) is 98.7 cm³/mol. The van der Waals surface area contributed by atoms with Gasteiger partial charge in [0.15, 0.2) is 0 Å². The van der Waals surface area contributed by atoms with Gasteiger partial charge in [0.25, 0.3) is 5.91 Å². The number of nitrogens with one attached hydrogen (secondary N) is 1. The van der Waals surface area contributed by atoms with Crippen LogP contribution in [0.3, 0.4) is 0 Å². The average molecular weight is 359 g/mol. The van der Waals surface area contributed by atoms with E-state index in [1.165, 1.54) is 32.1 Å². The van der Waals surface area contributed by atoms with Crippen molar-refractivity contribution in [3.63, 3.8) is 0 Å². The Bertz CT molecular complexity index is 691. The molecule has 1 saturated heterocycles. The molecule has 1 atom stereocenters. The van der Waals surface area contributed by atoms with E-state index < -0.39 is 0 Å². The van der Waals surface area contributed by atoms with E-state index in [1.807, 2.05) is 17.6 Å². The van der Waals surface area contributed by atoms with E-state index in [1.54, 1.807) is 17.5 Å². The number of hydrogen-bond acceptors (Lipinski definition) is 4. The fraction of sp³-hybridized carbons (Fsp3) is 0.579. The average Bonchev–Trinajstić information content (AvgIpc) is 3.34. The highest BCUT2D eigenvalue weighted by atomic mass is 32.1. The Morgan fingerprint density at radius 3 is 3.04 bits per heavy atom. The van der Waals surface area contributed by atoms with Crippen LogP contribution in [0.4, 0.5) is 0 Å². The number of carbonyl (C=O) groups excluding carboxylic acids is 1. The molecule has 0 bridgehead atoms. The third kappa shape index (κ3) is 3.80. The van der Waals surface area contributed by atoms with Gasteiger partial charge >= 0.3 is 0 Å². The van der Waals surface area contributed by atoms with Crippen molar-refractivity contribution in [2.45, 2.75) is 44.6 Å². The summed E-state index contributed by atoms with van der Waals surface area (Å²) in [6.07, 6.45) is 11.4. The van der Waals surface area contributed by atoms with Crippen LogP contribution in [-0.2, 0) is 4.74 Å². The summed E-state index contributed by atoms with van der Waals surface area (Å²) in [5, 5.41) is 8.79. The summed E-state index contributed by atoms with van der Waals surface area (Å²) in [5.41, 5.74) is 1.82. The Morgan fingerprint density at radius 2 is 2.24 bits per heavy atom. The van der Waals surface area contributed by atoms with Gasteiger partial charge in [0.05, 0.1) is 31.0 Å². The quantitative estimate of drug-likeness (QED) is 0.899. The van der Waals surface area contributed by atoms with Crippen molar-refractivity contribution >= 4 is 17.2 Å². The lowest BCUT2D eigenvalue weighted by molar-refractivity contribution is -0.0102. The van der Waals surface area contributed by atoms with E-state index in [-0.39, 0.29) is 11.9 Å². The number of carbonyl (C=O) groups is 1. The first-order valence-electron chi connectivity index (χ1n) is 9.27. The molecular formula is C19H25N3O2S. The van der Waals surface area contributed by atoms with Crippen molar-refractivity contribution in [2.75, 3.05) is 19.8 Å². The molecule has 1 saturated carbocycles. The van der Waals surface area contributed by atoms with E-state index in [0.29, 0.717) is 19.8 Å². The number of ether oxygens (including phenoxy) is 1. The number of amides is 1.